The molecule has 0 aromatic rings. The molecule has 0 saturated carbocycles. The van der Waals surface area contributed by atoms with Gasteiger partial charge in [-0.05, 0) is 6.42 Å². The summed E-state index contributed by atoms with van der Waals surface area (Å²) in [6, 6.07) is -0.894. The molecule has 18 heavy (non-hydrogen) atoms. The average molecular weight is 276 g/mol. The maximum atomic E-state index is 12.2. The topological polar surface area (TPSA) is 104 Å². The second-order valence-electron chi connectivity index (χ2n) is 4.69. The molecule has 2 rings (SSSR count). The second-order valence-corrected chi connectivity index (χ2v) is 6.92. The van der Waals surface area contributed by atoms with E-state index in [2.05, 4.69) is 5.32 Å². The number of carboxylic acids is 1. The Morgan fingerprint density at radius 3 is 2.61 bits per heavy atom. The second kappa shape index (κ2) is 4.85. The third-order valence-corrected chi connectivity index (χ3v) is 5.16. The monoisotopic (exact) mass is 276 g/mol. The fraction of sp³-hybridized carbons (Fsp3) is 0.800. The van der Waals surface area contributed by atoms with Crippen molar-refractivity contribution in [2.75, 3.05) is 31.1 Å². The quantitative estimate of drug-likeness (QED) is 0.623. The molecule has 2 aliphatic rings. The van der Waals surface area contributed by atoms with Crippen LogP contribution in [0.2, 0.25) is 0 Å². The first-order valence-electron chi connectivity index (χ1n) is 5.85. The van der Waals surface area contributed by atoms with Crippen molar-refractivity contribution in [1.29, 1.82) is 0 Å². The van der Waals surface area contributed by atoms with E-state index in [0.717, 1.165) is 0 Å². The minimum atomic E-state index is -3.13. The van der Waals surface area contributed by atoms with Gasteiger partial charge in [-0.3, -0.25) is 4.79 Å². The van der Waals surface area contributed by atoms with Crippen LogP contribution in [0.25, 0.3) is 0 Å². The number of hydrogen-bond donors (Lipinski definition) is 2. The highest BCUT2D eigenvalue weighted by molar-refractivity contribution is 7.91. The molecule has 2 aliphatic heterocycles. The summed E-state index contributed by atoms with van der Waals surface area (Å²) in [4.78, 5) is 24.5. The van der Waals surface area contributed by atoms with Crippen LogP contribution in [0.15, 0.2) is 0 Å². The number of piperazine rings is 1. The molecule has 0 aromatic heterocycles. The van der Waals surface area contributed by atoms with Crippen LogP contribution in [0.5, 0.6) is 0 Å². The lowest BCUT2D eigenvalue weighted by atomic mass is 10.0. The van der Waals surface area contributed by atoms with Gasteiger partial charge in [0.05, 0.1) is 17.4 Å². The molecule has 2 fully saturated rings. The maximum absolute atomic E-state index is 12.2. The van der Waals surface area contributed by atoms with E-state index in [1.165, 1.54) is 4.90 Å². The Balaban J connectivity index is 2.10. The van der Waals surface area contributed by atoms with Crippen molar-refractivity contribution >= 4 is 21.7 Å². The van der Waals surface area contributed by atoms with Crippen molar-refractivity contribution in [1.82, 2.24) is 10.2 Å². The van der Waals surface area contributed by atoms with E-state index in [4.69, 9.17) is 5.11 Å². The summed E-state index contributed by atoms with van der Waals surface area (Å²) in [7, 11) is -3.13. The molecule has 2 unspecified atom stereocenters. The molecule has 2 N–H and O–H groups in total. The SMILES string of the molecule is O=C(O)C1CNCCN1C(=O)C1CCS(=O)(=O)C1. The number of carbonyl (C=O) groups is 2. The highest BCUT2D eigenvalue weighted by Crippen LogP contribution is 2.22. The Labute approximate surface area is 105 Å². The Bertz CT molecular complexity index is 461. The minimum Gasteiger partial charge on any atom is -0.480 e. The predicted molar refractivity (Wildman–Crippen MR) is 62.8 cm³/mol. The first-order chi connectivity index (χ1) is 8.41. The summed E-state index contributed by atoms with van der Waals surface area (Å²) in [6.45, 7) is 1.06. The zero-order valence-corrected chi connectivity index (χ0v) is 10.6. The molecule has 0 radical (unpaired) electrons. The highest BCUT2D eigenvalue weighted by atomic mass is 32.2. The molecule has 0 aromatic carbocycles. The minimum absolute atomic E-state index is 0.0211. The average Bonchev–Trinajstić information content (AvgIpc) is 2.68. The molecule has 2 heterocycles. The first-order valence-corrected chi connectivity index (χ1v) is 7.67. The molecule has 102 valence electrons. The van der Waals surface area contributed by atoms with Crippen molar-refractivity contribution in [3.05, 3.63) is 0 Å². The maximum Gasteiger partial charge on any atom is 0.327 e. The van der Waals surface area contributed by atoms with E-state index >= 15 is 0 Å². The fourth-order valence-corrected chi connectivity index (χ4v) is 4.15. The van der Waals surface area contributed by atoms with Crippen LogP contribution in [-0.4, -0.2) is 67.5 Å². The van der Waals surface area contributed by atoms with E-state index < -0.39 is 27.8 Å². The van der Waals surface area contributed by atoms with Gasteiger partial charge < -0.3 is 15.3 Å². The van der Waals surface area contributed by atoms with Crippen LogP contribution in [-0.2, 0) is 19.4 Å². The molecule has 8 heteroatoms. The molecule has 0 spiro atoms. The van der Waals surface area contributed by atoms with Crippen molar-refractivity contribution in [3.63, 3.8) is 0 Å². The van der Waals surface area contributed by atoms with Crippen LogP contribution < -0.4 is 5.32 Å². The van der Waals surface area contributed by atoms with Crippen molar-refractivity contribution in [2.45, 2.75) is 12.5 Å². The zero-order valence-electron chi connectivity index (χ0n) is 9.83. The number of aliphatic carboxylic acids is 1. The van der Waals surface area contributed by atoms with E-state index in [1.807, 2.05) is 0 Å². The van der Waals surface area contributed by atoms with Crippen LogP contribution in [0.4, 0.5) is 0 Å². The molecule has 7 nitrogen and oxygen atoms in total. The number of carboxylic acid groups (broad SMARTS) is 1. The van der Waals surface area contributed by atoms with Crippen molar-refractivity contribution < 1.29 is 23.1 Å². The number of nitrogens with zero attached hydrogens (tertiary/aromatic N) is 1. The smallest absolute Gasteiger partial charge is 0.327 e. The largest absolute Gasteiger partial charge is 0.480 e. The van der Waals surface area contributed by atoms with Gasteiger partial charge in [-0.2, -0.15) is 0 Å². The van der Waals surface area contributed by atoms with E-state index in [-0.39, 0.29) is 24.0 Å². The van der Waals surface area contributed by atoms with E-state index in [0.29, 0.717) is 19.5 Å². The zero-order chi connectivity index (χ0) is 13.3. The van der Waals surface area contributed by atoms with E-state index in [9.17, 15) is 18.0 Å². The first kappa shape index (κ1) is 13.3. The lowest BCUT2D eigenvalue weighted by Gasteiger charge is -2.34. The summed E-state index contributed by atoms with van der Waals surface area (Å²) >= 11 is 0. The van der Waals surface area contributed by atoms with E-state index in [1.54, 1.807) is 0 Å². The van der Waals surface area contributed by atoms with Crippen LogP contribution >= 0.6 is 0 Å². The highest BCUT2D eigenvalue weighted by Gasteiger charge is 2.40. The van der Waals surface area contributed by atoms with Gasteiger partial charge in [0.1, 0.15) is 6.04 Å². The lowest BCUT2D eigenvalue weighted by molar-refractivity contribution is -0.152. The molecular formula is C10H16N2O5S. The molecule has 1 amide bonds. The summed E-state index contributed by atoms with van der Waals surface area (Å²) in [5.74, 6) is -2.11. The molecule has 0 aliphatic carbocycles. The van der Waals surface area contributed by atoms with Crippen LogP contribution in [0.1, 0.15) is 6.42 Å². The standard InChI is InChI=1S/C10H16N2O5S/c13-9(7-1-4-18(16,17)6-7)12-3-2-11-5-8(12)10(14)15/h7-8,11H,1-6H2,(H,14,15). The predicted octanol–water partition coefficient (Wildman–Crippen LogP) is -1.69. The van der Waals surface area contributed by atoms with Gasteiger partial charge in [0.15, 0.2) is 9.84 Å². The van der Waals surface area contributed by atoms with Gasteiger partial charge in [0.25, 0.3) is 0 Å². The van der Waals surface area contributed by atoms with Crippen molar-refractivity contribution in [3.8, 4) is 0 Å². The van der Waals surface area contributed by atoms with Gasteiger partial charge in [0.2, 0.25) is 5.91 Å². The summed E-state index contributed by atoms with van der Waals surface area (Å²) in [5, 5.41) is 12.0. The number of rotatable bonds is 2. The Kier molecular flexibility index (Phi) is 3.58. The van der Waals surface area contributed by atoms with Gasteiger partial charge in [-0.25, -0.2) is 13.2 Å². The summed E-state index contributed by atoms with van der Waals surface area (Å²) < 4.78 is 22.7. The third kappa shape index (κ3) is 2.64. The number of hydrogen-bond acceptors (Lipinski definition) is 5. The van der Waals surface area contributed by atoms with Gasteiger partial charge >= 0.3 is 5.97 Å². The summed E-state index contributed by atoms with van der Waals surface area (Å²) in [6.07, 6.45) is 0.303. The third-order valence-electron chi connectivity index (χ3n) is 3.39. The molecule has 0 bridgehead atoms. The number of amides is 1. The van der Waals surface area contributed by atoms with Crippen LogP contribution in [0.3, 0.4) is 0 Å². The van der Waals surface area contributed by atoms with Gasteiger partial charge in [-0.1, -0.05) is 0 Å². The Hall–Kier alpha value is -1.15. The van der Waals surface area contributed by atoms with Gasteiger partial charge in [0, 0.05) is 19.6 Å². The Morgan fingerprint density at radius 2 is 2.06 bits per heavy atom. The van der Waals surface area contributed by atoms with Crippen LogP contribution in [0, 0.1) is 5.92 Å². The molecule has 2 atom stereocenters. The Morgan fingerprint density at radius 1 is 1.33 bits per heavy atom. The van der Waals surface area contributed by atoms with Gasteiger partial charge in [-0.15, -0.1) is 0 Å². The van der Waals surface area contributed by atoms with Crippen molar-refractivity contribution in [2.24, 2.45) is 5.92 Å². The number of nitrogens with one attached hydrogen (secondary N) is 1. The molecule has 2 saturated heterocycles. The number of sulfone groups is 1. The lowest BCUT2D eigenvalue weighted by Crippen LogP contribution is -2.58. The normalized spacial score (nSPS) is 31.2. The fourth-order valence-electron chi connectivity index (χ4n) is 2.41. The molecular weight excluding hydrogens is 260 g/mol. The number of carbonyl (C=O) groups excluding carboxylic acids is 1. The summed E-state index contributed by atoms with van der Waals surface area (Å²) in [5.41, 5.74) is 0.